The predicted molar refractivity (Wildman–Crippen MR) is 32.5 cm³/mol. The highest BCUT2D eigenvalue weighted by Crippen LogP contribution is 2.28. The molecular formula is C6H6F8O. The average molecular weight is 246 g/mol. The minimum atomic E-state index is -5.49. The summed E-state index contributed by atoms with van der Waals surface area (Å²) >= 11 is 0. The highest BCUT2D eigenvalue weighted by Gasteiger charge is 2.47. The number of rotatable bonds is 4. The molecule has 0 bridgehead atoms. The lowest BCUT2D eigenvalue weighted by molar-refractivity contribution is -0.240. The average Bonchev–Trinajstić information content (AvgIpc) is 1.98. The zero-order valence-electron chi connectivity index (χ0n) is 7.00. The molecule has 0 aliphatic rings. The van der Waals surface area contributed by atoms with Crippen LogP contribution in [-0.2, 0) is 4.74 Å². The van der Waals surface area contributed by atoms with Crippen LogP contribution in [-0.4, -0.2) is 31.5 Å². The molecule has 0 aromatic carbocycles. The molecule has 0 rings (SSSR count). The molecule has 0 radical (unpaired) electrons. The van der Waals surface area contributed by atoms with Gasteiger partial charge in [0.05, 0.1) is 13.0 Å². The van der Waals surface area contributed by atoms with Crippen molar-refractivity contribution in [2.24, 2.45) is 0 Å². The van der Waals surface area contributed by atoms with Crippen molar-refractivity contribution in [3.05, 3.63) is 0 Å². The maximum atomic E-state index is 12.2. The van der Waals surface area contributed by atoms with Gasteiger partial charge in [-0.05, 0) is 0 Å². The van der Waals surface area contributed by atoms with Crippen LogP contribution in [0.25, 0.3) is 0 Å². The third kappa shape index (κ3) is 6.47. The van der Waals surface area contributed by atoms with E-state index in [0.717, 1.165) is 0 Å². The Morgan fingerprint density at radius 2 is 1.40 bits per heavy atom. The molecule has 0 aromatic rings. The molecule has 1 nitrogen and oxygen atoms in total. The van der Waals surface area contributed by atoms with Crippen molar-refractivity contribution in [1.82, 2.24) is 0 Å². The number of halogens is 8. The highest BCUT2D eigenvalue weighted by atomic mass is 19.4. The monoisotopic (exact) mass is 246 g/mol. The fraction of sp³-hybridized carbons (Fsp3) is 1.00. The van der Waals surface area contributed by atoms with E-state index in [4.69, 9.17) is 0 Å². The van der Waals surface area contributed by atoms with Gasteiger partial charge in [-0.3, -0.25) is 0 Å². The molecule has 0 spiro atoms. The third-order valence-corrected chi connectivity index (χ3v) is 1.21. The van der Waals surface area contributed by atoms with Gasteiger partial charge in [0.1, 0.15) is 0 Å². The Bertz CT molecular complexity index is 185. The molecule has 0 amide bonds. The molecule has 0 saturated heterocycles. The molecule has 0 aliphatic heterocycles. The van der Waals surface area contributed by atoms with Crippen molar-refractivity contribution < 1.29 is 39.9 Å². The fourth-order valence-corrected chi connectivity index (χ4v) is 0.520. The van der Waals surface area contributed by atoms with E-state index in [1.54, 1.807) is 0 Å². The Hall–Kier alpha value is -0.600. The smallest absolute Gasteiger partial charge is 0.345 e. The van der Waals surface area contributed by atoms with Gasteiger partial charge in [-0.25, -0.2) is 8.78 Å². The molecule has 0 heterocycles. The summed E-state index contributed by atoms with van der Waals surface area (Å²) in [6.07, 6.45) is -19.2. The van der Waals surface area contributed by atoms with Gasteiger partial charge in [0.15, 0.2) is 0 Å². The standard InChI is InChI=1S/C6H6F8O/c7-3(6(12,13)14)4(8)15-2-1-5(9,10)11/h3-4H,1-2H2. The van der Waals surface area contributed by atoms with E-state index in [1.165, 1.54) is 0 Å². The SMILES string of the molecule is FC(OCCC(F)(F)F)C(F)C(F)(F)F. The highest BCUT2D eigenvalue weighted by molar-refractivity contribution is 4.69. The fourth-order valence-electron chi connectivity index (χ4n) is 0.520. The number of ether oxygens (including phenoxy) is 1. The Balaban J connectivity index is 3.90. The van der Waals surface area contributed by atoms with Crippen LogP contribution >= 0.6 is 0 Å². The van der Waals surface area contributed by atoms with Crippen molar-refractivity contribution in [2.75, 3.05) is 6.61 Å². The lowest BCUT2D eigenvalue weighted by Gasteiger charge is -2.17. The first-order chi connectivity index (χ1) is 6.54. The number of alkyl halides is 8. The van der Waals surface area contributed by atoms with Crippen LogP contribution in [0, 0.1) is 0 Å². The lowest BCUT2D eigenvalue weighted by atomic mass is 10.4. The topological polar surface area (TPSA) is 9.23 Å². The van der Waals surface area contributed by atoms with Crippen LogP contribution < -0.4 is 0 Å². The van der Waals surface area contributed by atoms with E-state index < -0.39 is 37.9 Å². The Morgan fingerprint density at radius 1 is 0.933 bits per heavy atom. The van der Waals surface area contributed by atoms with Crippen LogP contribution in [0.4, 0.5) is 35.1 Å². The third-order valence-electron chi connectivity index (χ3n) is 1.21. The van der Waals surface area contributed by atoms with Crippen LogP contribution in [0.5, 0.6) is 0 Å². The summed E-state index contributed by atoms with van der Waals surface area (Å²) in [5.74, 6) is 0. The van der Waals surface area contributed by atoms with Crippen molar-refractivity contribution in [2.45, 2.75) is 31.3 Å². The van der Waals surface area contributed by atoms with E-state index in [-0.39, 0.29) is 0 Å². The van der Waals surface area contributed by atoms with Crippen LogP contribution in [0.3, 0.4) is 0 Å². The maximum Gasteiger partial charge on any atom is 0.425 e. The summed E-state index contributed by atoms with van der Waals surface area (Å²) in [4.78, 5) is 0. The summed E-state index contributed by atoms with van der Waals surface area (Å²) < 4.78 is 96.2. The number of hydrogen-bond acceptors (Lipinski definition) is 1. The van der Waals surface area contributed by atoms with Gasteiger partial charge in [-0.1, -0.05) is 0 Å². The van der Waals surface area contributed by atoms with Gasteiger partial charge < -0.3 is 4.74 Å². The molecule has 0 fully saturated rings. The van der Waals surface area contributed by atoms with E-state index >= 15 is 0 Å². The molecule has 0 saturated carbocycles. The minimum Gasteiger partial charge on any atom is -0.345 e. The van der Waals surface area contributed by atoms with Gasteiger partial charge in [0, 0.05) is 0 Å². The first-order valence-corrected chi connectivity index (χ1v) is 3.57. The quantitative estimate of drug-likeness (QED) is 0.692. The Kier molecular flexibility index (Phi) is 4.75. The summed E-state index contributed by atoms with van der Waals surface area (Å²) in [5.41, 5.74) is 0. The zero-order chi connectivity index (χ0) is 12.3. The number of hydrogen-bond donors (Lipinski definition) is 0. The predicted octanol–water partition coefficient (Wildman–Crippen LogP) is 3.15. The first-order valence-electron chi connectivity index (χ1n) is 3.57. The van der Waals surface area contributed by atoms with Crippen LogP contribution in [0.15, 0.2) is 0 Å². The Morgan fingerprint density at radius 3 is 1.73 bits per heavy atom. The van der Waals surface area contributed by atoms with Crippen molar-refractivity contribution >= 4 is 0 Å². The second-order valence-electron chi connectivity index (χ2n) is 2.53. The molecule has 9 heteroatoms. The van der Waals surface area contributed by atoms with E-state index in [0.29, 0.717) is 0 Å². The van der Waals surface area contributed by atoms with Gasteiger partial charge in [0.2, 0.25) is 6.36 Å². The summed E-state index contributed by atoms with van der Waals surface area (Å²) in [6.45, 7) is -1.36. The summed E-state index contributed by atoms with van der Waals surface area (Å²) in [6, 6.07) is 0. The normalized spacial score (nSPS) is 17.6. The van der Waals surface area contributed by atoms with Gasteiger partial charge >= 0.3 is 12.4 Å². The molecule has 2 atom stereocenters. The first kappa shape index (κ1) is 14.4. The molecule has 15 heavy (non-hydrogen) atoms. The molecule has 0 N–H and O–H groups in total. The van der Waals surface area contributed by atoms with E-state index in [1.807, 2.05) is 0 Å². The molecule has 0 aromatic heterocycles. The minimum absolute atomic E-state index is 1.36. The van der Waals surface area contributed by atoms with Crippen LogP contribution in [0.1, 0.15) is 6.42 Å². The summed E-state index contributed by atoms with van der Waals surface area (Å²) in [7, 11) is 0. The van der Waals surface area contributed by atoms with Crippen molar-refractivity contribution in [3.8, 4) is 0 Å². The summed E-state index contributed by atoms with van der Waals surface area (Å²) in [5, 5.41) is 0. The second-order valence-corrected chi connectivity index (χ2v) is 2.53. The maximum absolute atomic E-state index is 12.2. The van der Waals surface area contributed by atoms with Gasteiger partial charge in [-0.15, -0.1) is 0 Å². The molecule has 0 aliphatic carbocycles. The zero-order valence-corrected chi connectivity index (χ0v) is 7.00. The Labute approximate surface area is 79.0 Å². The van der Waals surface area contributed by atoms with Gasteiger partial charge in [-0.2, -0.15) is 26.3 Å². The largest absolute Gasteiger partial charge is 0.425 e. The molecule has 2 unspecified atom stereocenters. The lowest BCUT2D eigenvalue weighted by Crippen LogP contribution is -2.35. The molecular weight excluding hydrogens is 240 g/mol. The molecule has 92 valence electrons. The van der Waals surface area contributed by atoms with E-state index in [9.17, 15) is 35.1 Å². The second kappa shape index (κ2) is 4.95. The van der Waals surface area contributed by atoms with Crippen molar-refractivity contribution in [3.63, 3.8) is 0 Å². The van der Waals surface area contributed by atoms with Crippen molar-refractivity contribution in [1.29, 1.82) is 0 Å². The van der Waals surface area contributed by atoms with Crippen LogP contribution in [0.2, 0.25) is 0 Å². The van der Waals surface area contributed by atoms with Gasteiger partial charge in [0.25, 0.3) is 6.17 Å². The van der Waals surface area contributed by atoms with E-state index in [2.05, 4.69) is 4.74 Å².